The van der Waals surface area contributed by atoms with Gasteiger partial charge >= 0.3 is 0 Å². The highest BCUT2D eigenvalue weighted by molar-refractivity contribution is 6.04. The standard InChI is InChI=1S/C34H26N3O/c1-23-21-31-29(28-19-12-20-35-33(28)38-31)22-30(23)36-24(2)32(25-13-6-3-7-14-25)37(27-17-10-5-11-18-27)34(36)26-15-8-4-9-16-26/h3-22H,1-2H3/q+1. The van der Waals surface area contributed by atoms with Gasteiger partial charge in [0.15, 0.2) is 11.4 Å². The summed E-state index contributed by atoms with van der Waals surface area (Å²) in [5.41, 5.74) is 9.51. The van der Waals surface area contributed by atoms with Crippen LogP contribution in [-0.4, -0.2) is 9.55 Å². The first-order valence-corrected chi connectivity index (χ1v) is 12.8. The fourth-order valence-corrected chi connectivity index (χ4v) is 5.52. The zero-order chi connectivity index (χ0) is 25.6. The highest BCUT2D eigenvalue weighted by atomic mass is 16.3. The first-order chi connectivity index (χ1) is 18.7. The summed E-state index contributed by atoms with van der Waals surface area (Å²) >= 11 is 0. The van der Waals surface area contributed by atoms with Crippen molar-refractivity contribution in [3.63, 3.8) is 0 Å². The molecular formula is C34H26N3O+. The van der Waals surface area contributed by atoms with Crippen LogP contribution in [-0.2, 0) is 0 Å². The van der Waals surface area contributed by atoms with Gasteiger partial charge in [0, 0.05) is 35.0 Å². The van der Waals surface area contributed by atoms with Crippen LogP contribution in [0.25, 0.3) is 56.1 Å². The van der Waals surface area contributed by atoms with Crippen LogP contribution < -0.4 is 4.57 Å². The summed E-state index contributed by atoms with van der Waals surface area (Å²) in [7, 11) is 0. The zero-order valence-corrected chi connectivity index (χ0v) is 21.3. The largest absolute Gasteiger partial charge is 0.438 e. The fourth-order valence-electron chi connectivity index (χ4n) is 5.52. The van der Waals surface area contributed by atoms with Gasteiger partial charge < -0.3 is 4.42 Å². The van der Waals surface area contributed by atoms with E-state index in [2.05, 4.69) is 137 Å². The number of furan rings is 1. The Balaban J connectivity index is 1.64. The Kier molecular flexibility index (Phi) is 5.19. The molecule has 0 aliphatic carbocycles. The Morgan fingerprint density at radius 3 is 2.05 bits per heavy atom. The van der Waals surface area contributed by atoms with Crippen molar-refractivity contribution in [2.45, 2.75) is 13.8 Å². The van der Waals surface area contributed by atoms with E-state index in [0.29, 0.717) is 5.71 Å². The van der Waals surface area contributed by atoms with E-state index in [9.17, 15) is 0 Å². The van der Waals surface area contributed by atoms with Crippen molar-refractivity contribution in [3.05, 3.63) is 133 Å². The minimum Gasteiger partial charge on any atom is -0.438 e. The molecule has 7 aromatic rings. The summed E-state index contributed by atoms with van der Waals surface area (Å²) < 4.78 is 10.9. The summed E-state index contributed by atoms with van der Waals surface area (Å²) in [4.78, 5) is 4.45. The summed E-state index contributed by atoms with van der Waals surface area (Å²) in [6.07, 6.45) is 1.77. The average molecular weight is 493 g/mol. The molecule has 0 saturated heterocycles. The fraction of sp³-hybridized carbons (Fsp3) is 0.0588. The lowest BCUT2D eigenvalue weighted by Gasteiger charge is -2.09. The van der Waals surface area contributed by atoms with Gasteiger partial charge in [-0.15, -0.1) is 0 Å². The van der Waals surface area contributed by atoms with Gasteiger partial charge in [-0.1, -0.05) is 66.7 Å². The number of para-hydroxylation sites is 1. The predicted octanol–water partition coefficient (Wildman–Crippen LogP) is 8.00. The molecule has 7 rings (SSSR count). The third kappa shape index (κ3) is 3.46. The van der Waals surface area contributed by atoms with Crippen LogP contribution in [0.1, 0.15) is 11.3 Å². The minimum absolute atomic E-state index is 0.663. The quantitative estimate of drug-likeness (QED) is 0.233. The molecule has 0 fully saturated rings. The van der Waals surface area contributed by atoms with Gasteiger partial charge in [-0.3, -0.25) is 0 Å². The summed E-state index contributed by atoms with van der Waals surface area (Å²) in [5, 5.41) is 2.09. The molecule has 0 N–H and O–H groups in total. The zero-order valence-electron chi connectivity index (χ0n) is 21.3. The van der Waals surface area contributed by atoms with Crippen molar-refractivity contribution >= 4 is 22.1 Å². The second-order valence-corrected chi connectivity index (χ2v) is 9.59. The van der Waals surface area contributed by atoms with Crippen molar-refractivity contribution in [3.8, 4) is 34.0 Å². The molecule has 3 heterocycles. The molecule has 4 aromatic carbocycles. The lowest BCUT2D eigenvalue weighted by atomic mass is 10.1. The normalized spacial score (nSPS) is 11.4. The SMILES string of the molecule is Cc1cc2oc3ncccc3c2cc1-[n+]1c(C)c(-c2ccccc2)n(-c2ccccc2)c1-c1ccccc1. The van der Waals surface area contributed by atoms with E-state index < -0.39 is 0 Å². The Labute approximate surface area is 221 Å². The summed E-state index contributed by atoms with van der Waals surface area (Å²) in [6.45, 7) is 4.37. The van der Waals surface area contributed by atoms with Gasteiger partial charge in [-0.05, 0) is 55.5 Å². The topological polar surface area (TPSA) is 34.8 Å². The molecular weight excluding hydrogens is 466 g/mol. The van der Waals surface area contributed by atoms with E-state index >= 15 is 0 Å². The summed E-state index contributed by atoms with van der Waals surface area (Å²) in [6, 6.07) is 40.3. The van der Waals surface area contributed by atoms with Crippen molar-refractivity contribution in [2.24, 2.45) is 0 Å². The van der Waals surface area contributed by atoms with E-state index in [-0.39, 0.29) is 0 Å². The first kappa shape index (κ1) is 22.3. The average Bonchev–Trinajstić information content (AvgIpc) is 3.48. The molecule has 0 spiro atoms. The number of benzene rings is 4. The molecule has 0 amide bonds. The van der Waals surface area contributed by atoms with E-state index in [4.69, 9.17) is 4.42 Å². The van der Waals surface area contributed by atoms with E-state index in [1.165, 1.54) is 5.56 Å². The van der Waals surface area contributed by atoms with Gasteiger partial charge in [0.2, 0.25) is 5.71 Å². The predicted molar refractivity (Wildman–Crippen MR) is 153 cm³/mol. The van der Waals surface area contributed by atoms with Gasteiger partial charge in [-0.2, -0.15) is 9.13 Å². The number of nitrogens with zero attached hydrogens (tertiary/aromatic N) is 3. The Hall–Kier alpha value is -4.96. The van der Waals surface area contributed by atoms with Gasteiger partial charge in [0.1, 0.15) is 17.0 Å². The number of hydrogen-bond acceptors (Lipinski definition) is 2. The summed E-state index contributed by atoms with van der Waals surface area (Å²) in [5.74, 6) is 1.10. The van der Waals surface area contributed by atoms with Crippen LogP contribution in [0.3, 0.4) is 0 Å². The lowest BCUT2D eigenvalue weighted by molar-refractivity contribution is -0.589. The molecule has 0 aliphatic heterocycles. The van der Waals surface area contributed by atoms with Gasteiger partial charge in [0.25, 0.3) is 5.82 Å². The molecule has 3 aromatic heterocycles. The lowest BCUT2D eigenvalue weighted by Crippen LogP contribution is -2.36. The van der Waals surface area contributed by atoms with Crippen LogP contribution in [0.15, 0.2) is 126 Å². The third-order valence-electron chi connectivity index (χ3n) is 7.23. The molecule has 4 nitrogen and oxygen atoms in total. The van der Waals surface area contributed by atoms with E-state index in [1.807, 2.05) is 6.07 Å². The Morgan fingerprint density at radius 2 is 1.34 bits per heavy atom. The van der Waals surface area contributed by atoms with Crippen molar-refractivity contribution in [2.75, 3.05) is 0 Å². The highest BCUT2D eigenvalue weighted by Gasteiger charge is 2.33. The number of hydrogen-bond donors (Lipinski definition) is 0. The molecule has 0 radical (unpaired) electrons. The number of imidazole rings is 1. The molecule has 0 atom stereocenters. The maximum absolute atomic E-state index is 6.11. The van der Waals surface area contributed by atoms with E-state index in [0.717, 1.165) is 56.1 Å². The Morgan fingerprint density at radius 1 is 0.684 bits per heavy atom. The van der Waals surface area contributed by atoms with E-state index in [1.54, 1.807) is 6.20 Å². The number of rotatable bonds is 4. The Bertz CT molecular complexity index is 1920. The second-order valence-electron chi connectivity index (χ2n) is 9.59. The molecule has 182 valence electrons. The molecule has 0 aliphatic rings. The van der Waals surface area contributed by atoms with Crippen LogP contribution in [0, 0.1) is 13.8 Å². The number of pyridine rings is 1. The smallest absolute Gasteiger partial charge is 0.300 e. The van der Waals surface area contributed by atoms with Crippen molar-refractivity contribution in [1.82, 2.24) is 9.55 Å². The molecule has 0 bridgehead atoms. The van der Waals surface area contributed by atoms with Crippen LogP contribution in [0.4, 0.5) is 0 Å². The molecule has 4 heteroatoms. The van der Waals surface area contributed by atoms with Gasteiger partial charge in [-0.25, -0.2) is 4.98 Å². The van der Waals surface area contributed by atoms with Crippen LogP contribution in [0.5, 0.6) is 0 Å². The molecule has 0 unspecified atom stereocenters. The van der Waals surface area contributed by atoms with Crippen molar-refractivity contribution in [1.29, 1.82) is 0 Å². The maximum atomic E-state index is 6.11. The first-order valence-electron chi connectivity index (χ1n) is 12.8. The van der Waals surface area contributed by atoms with Gasteiger partial charge in [0.05, 0.1) is 5.56 Å². The molecule has 38 heavy (non-hydrogen) atoms. The minimum atomic E-state index is 0.663. The molecule has 0 saturated carbocycles. The number of aromatic nitrogens is 3. The van der Waals surface area contributed by atoms with Crippen molar-refractivity contribution < 1.29 is 8.98 Å². The highest BCUT2D eigenvalue weighted by Crippen LogP contribution is 2.35. The third-order valence-corrected chi connectivity index (χ3v) is 7.23. The monoisotopic (exact) mass is 492 g/mol. The number of aryl methyl sites for hydroxylation is 1. The second kappa shape index (κ2) is 8.86. The maximum Gasteiger partial charge on any atom is 0.300 e. The van der Waals surface area contributed by atoms with Crippen LogP contribution in [0.2, 0.25) is 0 Å². The van der Waals surface area contributed by atoms with Crippen LogP contribution >= 0.6 is 0 Å². The number of fused-ring (bicyclic) bond motifs is 3.